The molecule has 0 aromatic heterocycles. The number of rotatable bonds is 5. The Morgan fingerprint density at radius 1 is 1.04 bits per heavy atom. The second-order valence-electron chi connectivity index (χ2n) is 8.83. The van der Waals surface area contributed by atoms with Gasteiger partial charge in [-0.3, -0.25) is 4.79 Å². The zero-order valence-corrected chi connectivity index (χ0v) is 16.7. The molecule has 1 aliphatic carbocycles. The monoisotopic (exact) mass is 368 g/mol. The summed E-state index contributed by atoms with van der Waals surface area (Å²) in [7, 11) is 0. The lowest BCUT2D eigenvalue weighted by molar-refractivity contribution is -0.149. The van der Waals surface area contributed by atoms with Gasteiger partial charge in [0.1, 0.15) is 5.60 Å². The van der Waals surface area contributed by atoms with Crippen LogP contribution in [0.2, 0.25) is 0 Å². The van der Waals surface area contributed by atoms with E-state index in [9.17, 15) is 9.59 Å². The van der Waals surface area contributed by atoms with Gasteiger partial charge in [0.25, 0.3) is 0 Å². The minimum atomic E-state index is -0.443. The van der Waals surface area contributed by atoms with Gasteiger partial charge in [0, 0.05) is 19.1 Å². The van der Waals surface area contributed by atoms with Gasteiger partial charge in [0.15, 0.2) is 0 Å². The molecule has 0 spiro atoms. The predicted molar refractivity (Wildman–Crippen MR) is 101 cm³/mol. The van der Waals surface area contributed by atoms with Crippen LogP contribution in [-0.4, -0.2) is 48.3 Å². The molecular weight excluding hydrogens is 332 g/mol. The first kappa shape index (κ1) is 21.0. The van der Waals surface area contributed by atoms with Crippen molar-refractivity contribution in [2.45, 2.75) is 83.8 Å². The summed E-state index contributed by atoms with van der Waals surface area (Å²) in [5.41, 5.74) is 5.43. The molecule has 0 radical (unpaired) electrons. The van der Waals surface area contributed by atoms with Crippen LogP contribution in [0, 0.1) is 11.8 Å². The second-order valence-corrected chi connectivity index (χ2v) is 8.83. The van der Waals surface area contributed by atoms with Crippen LogP contribution >= 0.6 is 0 Å². The molecule has 0 aromatic rings. The fourth-order valence-electron chi connectivity index (χ4n) is 3.75. The molecule has 2 N–H and O–H groups in total. The van der Waals surface area contributed by atoms with Gasteiger partial charge in [-0.25, -0.2) is 4.79 Å². The SMILES string of the molecule is CC(C)(C)OC(=O)N1CCC(CCCOC(=O)C2CCC(N)CC2)CC1. The average Bonchev–Trinajstić information content (AvgIpc) is 2.58. The zero-order chi connectivity index (χ0) is 19.2. The minimum Gasteiger partial charge on any atom is -0.465 e. The third kappa shape index (κ3) is 7.14. The van der Waals surface area contributed by atoms with Crippen LogP contribution in [0.25, 0.3) is 0 Å². The number of nitrogens with two attached hydrogens (primary N) is 1. The largest absolute Gasteiger partial charge is 0.465 e. The van der Waals surface area contributed by atoms with E-state index in [1.54, 1.807) is 4.90 Å². The molecule has 150 valence electrons. The molecule has 1 saturated carbocycles. The molecule has 0 unspecified atom stereocenters. The molecule has 6 nitrogen and oxygen atoms in total. The lowest BCUT2D eigenvalue weighted by Crippen LogP contribution is -2.41. The molecule has 1 saturated heterocycles. The van der Waals surface area contributed by atoms with Crippen molar-refractivity contribution in [1.82, 2.24) is 4.90 Å². The third-order valence-electron chi connectivity index (χ3n) is 5.37. The highest BCUT2D eigenvalue weighted by Crippen LogP contribution is 2.25. The van der Waals surface area contributed by atoms with Crippen molar-refractivity contribution in [3.05, 3.63) is 0 Å². The van der Waals surface area contributed by atoms with Crippen molar-refractivity contribution in [2.24, 2.45) is 17.6 Å². The second kappa shape index (κ2) is 9.58. The van der Waals surface area contributed by atoms with Crippen molar-refractivity contribution in [3.63, 3.8) is 0 Å². The first-order valence-electron chi connectivity index (χ1n) is 10.1. The van der Waals surface area contributed by atoms with E-state index in [4.69, 9.17) is 15.2 Å². The van der Waals surface area contributed by atoms with Crippen molar-refractivity contribution >= 4 is 12.1 Å². The Morgan fingerprint density at radius 2 is 1.65 bits per heavy atom. The van der Waals surface area contributed by atoms with E-state index in [1.165, 1.54) is 0 Å². The topological polar surface area (TPSA) is 81.9 Å². The Morgan fingerprint density at radius 3 is 2.23 bits per heavy atom. The highest BCUT2D eigenvalue weighted by Gasteiger charge is 2.27. The Bertz CT molecular complexity index is 459. The van der Waals surface area contributed by atoms with Crippen LogP contribution < -0.4 is 5.73 Å². The predicted octanol–water partition coefficient (Wildman–Crippen LogP) is 3.47. The van der Waals surface area contributed by atoms with Crippen LogP contribution in [0.1, 0.15) is 72.1 Å². The first-order chi connectivity index (χ1) is 12.2. The van der Waals surface area contributed by atoms with Crippen molar-refractivity contribution in [2.75, 3.05) is 19.7 Å². The van der Waals surface area contributed by atoms with Crippen molar-refractivity contribution in [3.8, 4) is 0 Å². The van der Waals surface area contributed by atoms with E-state index in [-0.39, 0.29) is 24.0 Å². The number of piperidine rings is 1. The number of amides is 1. The summed E-state index contributed by atoms with van der Waals surface area (Å²) in [5.74, 6) is 0.601. The maximum atomic E-state index is 12.1. The molecule has 0 atom stereocenters. The standard InChI is InChI=1S/C20H36N2O4/c1-20(2,3)26-19(24)22-12-10-15(11-13-22)5-4-14-25-18(23)16-6-8-17(21)9-7-16/h15-17H,4-14,21H2,1-3H3. The fourth-order valence-corrected chi connectivity index (χ4v) is 3.75. The number of nitrogens with zero attached hydrogens (tertiary/aromatic N) is 1. The average molecular weight is 369 g/mol. The summed E-state index contributed by atoms with van der Waals surface area (Å²) in [6.07, 6.45) is 7.30. The fraction of sp³-hybridized carbons (Fsp3) is 0.900. The van der Waals surface area contributed by atoms with Gasteiger partial charge in [-0.05, 0) is 78.1 Å². The molecule has 6 heteroatoms. The van der Waals surface area contributed by atoms with E-state index in [2.05, 4.69) is 0 Å². The van der Waals surface area contributed by atoms with Gasteiger partial charge in [-0.1, -0.05) is 0 Å². The van der Waals surface area contributed by atoms with Crippen molar-refractivity contribution in [1.29, 1.82) is 0 Å². The lowest BCUT2D eigenvalue weighted by atomic mass is 9.86. The highest BCUT2D eigenvalue weighted by atomic mass is 16.6. The zero-order valence-electron chi connectivity index (χ0n) is 16.7. The van der Waals surface area contributed by atoms with Crippen molar-refractivity contribution < 1.29 is 19.1 Å². The Balaban J connectivity index is 1.56. The molecule has 1 heterocycles. The number of carbonyl (C=O) groups is 2. The van der Waals surface area contributed by atoms with E-state index in [1.807, 2.05) is 20.8 Å². The van der Waals surface area contributed by atoms with Gasteiger partial charge in [-0.2, -0.15) is 0 Å². The van der Waals surface area contributed by atoms with E-state index in [0.717, 1.165) is 64.5 Å². The molecule has 26 heavy (non-hydrogen) atoms. The number of hydrogen-bond acceptors (Lipinski definition) is 5. The van der Waals surface area contributed by atoms with Crippen LogP contribution in [0.4, 0.5) is 4.79 Å². The Labute approximate surface area is 157 Å². The molecule has 2 fully saturated rings. The summed E-state index contributed by atoms with van der Waals surface area (Å²) < 4.78 is 10.9. The molecule has 2 aliphatic rings. The maximum absolute atomic E-state index is 12.1. The summed E-state index contributed by atoms with van der Waals surface area (Å²) in [6.45, 7) is 7.68. The van der Waals surface area contributed by atoms with Crippen LogP contribution in [0.5, 0.6) is 0 Å². The highest BCUT2D eigenvalue weighted by molar-refractivity contribution is 5.72. The van der Waals surface area contributed by atoms with Crippen LogP contribution in [-0.2, 0) is 14.3 Å². The van der Waals surface area contributed by atoms with Gasteiger partial charge in [0.05, 0.1) is 12.5 Å². The van der Waals surface area contributed by atoms with Gasteiger partial charge >= 0.3 is 12.1 Å². The summed E-state index contributed by atoms with van der Waals surface area (Å²) in [6, 6.07) is 0.255. The molecular formula is C20H36N2O4. The van der Waals surface area contributed by atoms with Gasteiger partial charge in [0.2, 0.25) is 0 Å². The number of carbonyl (C=O) groups excluding carboxylic acids is 2. The van der Waals surface area contributed by atoms with E-state index in [0.29, 0.717) is 12.5 Å². The maximum Gasteiger partial charge on any atom is 0.410 e. The van der Waals surface area contributed by atoms with E-state index >= 15 is 0 Å². The Kier molecular flexibility index (Phi) is 7.74. The number of ether oxygens (including phenoxy) is 2. The molecule has 0 bridgehead atoms. The molecule has 2 rings (SSSR count). The van der Waals surface area contributed by atoms with Crippen LogP contribution in [0.3, 0.4) is 0 Å². The molecule has 0 aromatic carbocycles. The molecule has 1 aliphatic heterocycles. The summed E-state index contributed by atoms with van der Waals surface area (Å²) in [5, 5.41) is 0. The molecule has 1 amide bonds. The van der Waals surface area contributed by atoms with Gasteiger partial charge in [-0.15, -0.1) is 0 Å². The Hall–Kier alpha value is -1.30. The smallest absolute Gasteiger partial charge is 0.410 e. The minimum absolute atomic E-state index is 0.0448. The van der Waals surface area contributed by atoms with E-state index < -0.39 is 5.60 Å². The quantitative estimate of drug-likeness (QED) is 0.593. The number of likely N-dealkylation sites (tertiary alicyclic amines) is 1. The lowest BCUT2D eigenvalue weighted by Gasteiger charge is -2.33. The summed E-state index contributed by atoms with van der Waals surface area (Å²) >= 11 is 0. The third-order valence-corrected chi connectivity index (χ3v) is 5.37. The summed E-state index contributed by atoms with van der Waals surface area (Å²) in [4.78, 5) is 25.9. The first-order valence-corrected chi connectivity index (χ1v) is 10.1. The number of esters is 1. The normalized spacial score (nSPS) is 25.0. The van der Waals surface area contributed by atoms with Crippen LogP contribution in [0.15, 0.2) is 0 Å². The number of hydrogen-bond donors (Lipinski definition) is 1. The van der Waals surface area contributed by atoms with Gasteiger partial charge < -0.3 is 20.1 Å².